The monoisotopic (exact) mass is 346 g/mol. The van der Waals surface area contributed by atoms with E-state index in [1.165, 1.54) is 12.8 Å². The van der Waals surface area contributed by atoms with Crippen molar-refractivity contribution in [1.29, 1.82) is 0 Å². The van der Waals surface area contributed by atoms with Gasteiger partial charge in [-0.25, -0.2) is 0 Å². The van der Waals surface area contributed by atoms with E-state index in [1.807, 2.05) is 0 Å². The molecule has 0 bridgehead atoms. The molecule has 1 saturated heterocycles. The Morgan fingerprint density at radius 3 is 2.84 bits per heavy atom. The highest BCUT2D eigenvalue weighted by atomic mass is 16.5. The number of hydrogen-bond donors (Lipinski definition) is 1. The summed E-state index contributed by atoms with van der Waals surface area (Å²) in [5, 5.41) is 0. The van der Waals surface area contributed by atoms with E-state index in [0.717, 1.165) is 50.4 Å². The van der Waals surface area contributed by atoms with Crippen LogP contribution in [0.15, 0.2) is 0 Å². The maximum Gasteiger partial charge on any atom is 0.320 e. The third-order valence-electron chi connectivity index (χ3n) is 5.35. The van der Waals surface area contributed by atoms with Crippen LogP contribution in [0.25, 0.3) is 0 Å². The van der Waals surface area contributed by atoms with Crippen molar-refractivity contribution in [2.45, 2.75) is 44.9 Å². The predicted octanol–water partition coefficient (Wildman–Crippen LogP) is 1.94. The molecule has 1 aromatic heterocycles. The van der Waals surface area contributed by atoms with Crippen LogP contribution in [0.4, 0.5) is 11.6 Å². The van der Waals surface area contributed by atoms with Crippen LogP contribution in [0, 0.1) is 11.8 Å². The highest BCUT2D eigenvalue weighted by molar-refractivity contribution is 6.01. The van der Waals surface area contributed by atoms with Crippen molar-refractivity contribution >= 4 is 17.5 Å². The van der Waals surface area contributed by atoms with Crippen LogP contribution in [0.3, 0.4) is 0 Å². The summed E-state index contributed by atoms with van der Waals surface area (Å²) in [6.07, 6.45) is 7.06. The van der Waals surface area contributed by atoms with Gasteiger partial charge < -0.3 is 15.2 Å². The minimum Gasteiger partial charge on any atom is -0.463 e. The number of nitrogen functional groups attached to an aromatic ring is 1. The lowest BCUT2D eigenvalue weighted by Gasteiger charge is -2.18. The fraction of sp³-hybridized carbons (Fsp3) is 0.722. The van der Waals surface area contributed by atoms with Crippen molar-refractivity contribution in [2.75, 3.05) is 37.0 Å². The molecule has 2 aliphatic heterocycles. The minimum atomic E-state index is 0.0498. The number of anilines is 2. The lowest BCUT2D eigenvalue weighted by atomic mass is 10.0. The number of fused-ring (bicyclic) bond motifs is 1. The number of aromatic nitrogens is 2. The molecule has 2 N–H and O–H groups in total. The number of hydrogen-bond acceptors (Lipinski definition) is 6. The summed E-state index contributed by atoms with van der Waals surface area (Å²) in [5.74, 6) is 2.47. The third-order valence-corrected chi connectivity index (χ3v) is 5.35. The van der Waals surface area contributed by atoms with Gasteiger partial charge in [0.25, 0.3) is 0 Å². The first-order chi connectivity index (χ1) is 12.2. The average Bonchev–Trinajstić information content (AvgIpc) is 3.15. The molecule has 7 heteroatoms. The lowest BCUT2D eigenvalue weighted by molar-refractivity contribution is -0.117. The number of carbonyl (C=O) groups excluding carboxylic acids is 1. The van der Waals surface area contributed by atoms with Crippen molar-refractivity contribution in [3.05, 3.63) is 5.56 Å². The van der Waals surface area contributed by atoms with Crippen LogP contribution in [0.2, 0.25) is 0 Å². The van der Waals surface area contributed by atoms with E-state index in [-0.39, 0.29) is 12.3 Å². The Morgan fingerprint density at radius 2 is 2.08 bits per heavy atom. The zero-order valence-corrected chi connectivity index (χ0v) is 14.6. The standard InChI is InChI=1S/C18H26N4O3/c19-16-14-10-15(23)22(7-1-2-13-5-8-24-11-13)17(14)21-18(20-16)25-9-6-12-3-4-12/h12-13H,1-11H2,(H2,19,20,21). The van der Waals surface area contributed by atoms with Gasteiger partial charge in [-0.15, -0.1) is 0 Å². The fourth-order valence-electron chi connectivity index (χ4n) is 3.59. The van der Waals surface area contributed by atoms with Gasteiger partial charge in [0.05, 0.1) is 13.0 Å². The van der Waals surface area contributed by atoms with E-state index in [9.17, 15) is 4.79 Å². The molecule has 136 valence electrons. The van der Waals surface area contributed by atoms with E-state index >= 15 is 0 Å². The van der Waals surface area contributed by atoms with Gasteiger partial charge in [0.1, 0.15) is 11.6 Å². The SMILES string of the molecule is Nc1nc(OCCC2CC2)nc2c1CC(=O)N2CCCC1CCOC1. The summed E-state index contributed by atoms with van der Waals surface area (Å²) in [5.41, 5.74) is 6.78. The summed E-state index contributed by atoms with van der Waals surface area (Å²) in [7, 11) is 0. The quantitative estimate of drug-likeness (QED) is 0.773. The molecule has 1 unspecified atom stereocenters. The van der Waals surface area contributed by atoms with Gasteiger partial charge in [-0.05, 0) is 37.5 Å². The highest BCUT2D eigenvalue weighted by Gasteiger charge is 2.32. The zero-order valence-electron chi connectivity index (χ0n) is 14.6. The summed E-state index contributed by atoms with van der Waals surface area (Å²) >= 11 is 0. The molecule has 1 amide bonds. The molecule has 1 atom stereocenters. The predicted molar refractivity (Wildman–Crippen MR) is 93.5 cm³/mol. The van der Waals surface area contributed by atoms with Crippen molar-refractivity contribution < 1.29 is 14.3 Å². The van der Waals surface area contributed by atoms with Gasteiger partial charge in [-0.2, -0.15) is 9.97 Å². The number of amides is 1. The zero-order chi connectivity index (χ0) is 17.2. The number of carbonyl (C=O) groups is 1. The van der Waals surface area contributed by atoms with E-state index in [1.54, 1.807) is 4.90 Å². The third kappa shape index (κ3) is 3.86. The second-order valence-corrected chi connectivity index (χ2v) is 7.37. The Balaban J connectivity index is 1.39. The second-order valence-electron chi connectivity index (χ2n) is 7.37. The van der Waals surface area contributed by atoms with Gasteiger partial charge in [-0.3, -0.25) is 9.69 Å². The molecule has 1 aromatic rings. The van der Waals surface area contributed by atoms with Gasteiger partial charge in [0.15, 0.2) is 0 Å². The van der Waals surface area contributed by atoms with E-state index < -0.39 is 0 Å². The highest BCUT2D eigenvalue weighted by Crippen LogP contribution is 2.34. The van der Waals surface area contributed by atoms with Gasteiger partial charge in [0, 0.05) is 25.3 Å². The normalized spacial score (nSPS) is 22.5. The maximum atomic E-state index is 12.4. The Kier molecular flexibility index (Phi) is 4.74. The molecule has 1 saturated carbocycles. The van der Waals surface area contributed by atoms with Crippen LogP contribution in [0.1, 0.15) is 44.1 Å². The van der Waals surface area contributed by atoms with E-state index in [4.69, 9.17) is 15.2 Å². The number of nitrogens with zero attached hydrogens (tertiary/aromatic N) is 3. The van der Waals surface area contributed by atoms with Crippen LogP contribution >= 0.6 is 0 Å². The van der Waals surface area contributed by atoms with Crippen LogP contribution in [-0.4, -0.2) is 42.2 Å². The van der Waals surface area contributed by atoms with Crippen molar-refractivity contribution in [3.8, 4) is 6.01 Å². The van der Waals surface area contributed by atoms with Crippen LogP contribution in [0.5, 0.6) is 6.01 Å². The van der Waals surface area contributed by atoms with Crippen LogP contribution < -0.4 is 15.4 Å². The molecule has 2 fully saturated rings. The molecule has 3 heterocycles. The summed E-state index contributed by atoms with van der Waals surface area (Å²) < 4.78 is 11.1. The van der Waals surface area contributed by atoms with Crippen LogP contribution in [-0.2, 0) is 16.0 Å². The minimum absolute atomic E-state index is 0.0498. The molecular weight excluding hydrogens is 320 g/mol. The first kappa shape index (κ1) is 16.6. The number of rotatable bonds is 8. The Morgan fingerprint density at radius 1 is 1.20 bits per heavy atom. The molecule has 0 radical (unpaired) electrons. The molecule has 3 aliphatic rings. The Hall–Kier alpha value is -1.89. The molecule has 4 rings (SSSR count). The van der Waals surface area contributed by atoms with Crippen molar-refractivity contribution in [3.63, 3.8) is 0 Å². The fourth-order valence-corrected chi connectivity index (χ4v) is 3.59. The number of nitrogens with two attached hydrogens (primary N) is 1. The Labute approximate surface area is 147 Å². The molecule has 0 aromatic carbocycles. The molecular formula is C18H26N4O3. The number of ether oxygens (including phenoxy) is 2. The molecule has 1 aliphatic carbocycles. The summed E-state index contributed by atoms with van der Waals surface area (Å²) in [6, 6.07) is 0.292. The van der Waals surface area contributed by atoms with Gasteiger partial charge >= 0.3 is 6.01 Å². The van der Waals surface area contributed by atoms with E-state index in [2.05, 4.69) is 9.97 Å². The van der Waals surface area contributed by atoms with E-state index in [0.29, 0.717) is 36.7 Å². The molecule has 7 nitrogen and oxygen atoms in total. The molecule has 25 heavy (non-hydrogen) atoms. The van der Waals surface area contributed by atoms with Crippen molar-refractivity contribution in [2.24, 2.45) is 11.8 Å². The largest absolute Gasteiger partial charge is 0.463 e. The summed E-state index contributed by atoms with van der Waals surface area (Å²) in [6.45, 7) is 2.99. The Bertz CT molecular complexity index is 641. The molecule has 0 spiro atoms. The smallest absolute Gasteiger partial charge is 0.320 e. The first-order valence-electron chi connectivity index (χ1n) is 9.38. The van der Waals surface area contributed by atoms with Gasteiger partial charge in [0.2, 0.25) is 5.91 Å². The topological polar surface area (TPSA) is 90.6 Å². The first-order valence-corrected chi connectivity index (χ1v) is 9.38. The lowest BCUT2D eigenvalue weighted by Crippen LogP contribution is -2.28. The van der Waals surface area contributed by atoms with Gasteiger partial charge in [-0.1, -0.05) is 12.8 Å². The average molecular weight is 346 g/mol. The summed E-state index contributed by atoms with van der Waals surface area (Å²) in [4.78, 5) is 22.8. The second kappa shape index (κ2) is 7.15. The maximum absolute atomic E-state index is 12.4. The van der Waals surface area contributed by atoms with Crippen molar-refractivity contribution in [1.82, 2.24) is 9.97 Å².